The molecule has 2 rings (SSSR count). The van der Waals surface area contributed by atoms with Gasteiger partial charge in [-0.3, -0.25) is 4.98 Å². The molecule has 1 saturated heterocycles. The molecule has 1 aliphatic heterocycles. The highest BCUT2D eigenvalue weighted by molar-refractivity contribution is 7.98. The minimum atomic E-state index is 0.341. The van der Waals surface area contributed by atoms with E-state index in [2.05, 4.69) is 14.9 Å². The van der Waals surface area contributed by atoms with Crippen LogP contribution in [0, 0.1) is 0 Å². The van der Waals surface area contributed by atoms with Crippen molar-refractivity contribution < 1.29 is 4.74 Å². The third-order valence-corrected chi connectivity index (χ3v) is 3.57. The van der Waals surface area contributed by atoms with Gasteiger partial charge in [0.1, 0.15) is 10.8 Å². The molecule has 1 aromatic rings. The number of rotatable bonds is 4. The van der Waals surface area contributed by atoms with Crippen molar-refractivity contribution in [2.45, 2.75) is 30.4 Å². The number of thioether (sulfide) groups is 1. The molecule has 4 nitrogen and oxygen atoms in total. The van der Waals surface area contributed by atoms with E-state index in [1.165, 1.54) is 12.8 Å². The molecule has 5 heteroatoms. The van der Waals surface area contributed by atoms with Gasteiger partial charge in [-0.15, -0.1) is 11.8 Å². The number of hydrogen-bond acceptors (Lipinski definition) is 5. The second-order valence-electron chi connectivity index (χ2n) is 4.29. The Bertz CT molecular complexity index is 355. The monoisotopic (exact) mass is 253 g/mol. The third kappa shape index (κ3) is 3.57. The Labute approximate surface area is 107 Å². The summed E-state index contributed by atoms with van der Waals surface area (Å²) < 4.78 is 5.73. The molecule has 0 unspecified atom stereocenters. The number of nitrogens with zero attached hydrogens (tertiary/aromatic N) is 3. The molecule has 0 saturated carbocycles. The van der Waals surface area contributed by atoms with Gasteiger partial charge >= 0.3 is 0 Å². The van der Waals surface area contributed by atoms with Crippen molar-refractivity contribution in [3.05, 3.63) is 12.4 Å². The summed E-state index contributed by atoms with van der Waals surface area (Å²) in [6, 6.07) is 0. The maximum atomic E-state index is 5.73. The van der Waals surface area contributed by atoms with Crippen molar-refractivity contribution in [3.8, 4) is 0 Å². The van der Waals surface area contributed by atoms with Crippen molar-refractivity contribution in [3.63, 3.8) is 0 Å². The van der Waals surface area contributed by atoms with E-state index in [1.54, 1.807) is 18.0 Å². The van der Waals surface area contributed by atoms with Gasteiger partial charge in [-0.25, -0.2) is 4.98 Å². The Kier molecular flexibility index (Phi) is 4.62. The van der Waals surface area contributed by atoms with E-state index >= 15 is 0 Å². The summed E-state index contributed by atoms with van der Waals surface area (Å²) in [5, 5.41) is 0.957. The van der Waals surface area contributed by atoms with Crippen LogP contribution in [0.2, 0.25) is 0 Å². The Balaban J connectivity index is 1.95. The second-order valence-corrected chi connectivity index (χ2v) is 5.12. The topological polar surface area (TPSA) is 38.2 Å². The Morgan fingerprint density at radius 1 is 1.47 bits per heavy atom. The first-order valence-electron chi connectivity index (χ1n) is 5.98. The van der Waals surface area contributed by atoms with Gasteiger partial charge in [0.25, 0.3) is 0 Å². The SMILES string of the molecule is CSc1cncc(N(C)C[C@H]2CCCCO2)n1. The van der Waals surface area contributed by atoms with Crippen LogP contribution in [0.1, 0.15) is 19.3 Å². The number of aromatic nitrogens is 2. The van der Waals surface area contributed by atoms with Gasteiger partial charge in [-0.2, -0.15) is 0 Å². The molecule has 94 valence electrons. The lowest BCUT2D eigenvalue weighted by atomic mass is 10.1. The average molecular weight is 253 g/mol. The van der Waals surface area contributed by atoms with Crippen molar-refractivity contribution in [1.82, 2.24) is 9.97 Å². The number of anilines is 1. The minimum absolute atomic E-state index is 0.341. The molecule has 1 aromatic heterocycles. The summed E-state index contributed by atoms with van der Waals surface area (Å²) in [7, 11) is 2.05. The Morgan fingerprint density at radius 2 is 2.35 bits per heavy atom. The van der Waals surface area contributed by atoms with Crippen LogP contribution in [0.25, 0.3) is 0 Å². The van der Waals surface area contributed by atoms with Gasteiger partial charge in [0.05, 0.1) is 18.5 Å². The lowest BCUT2D eigenvalue weighted by Crippen LogP contribution is -2.33. The minimum Gasteiger partial charge on any atom is -0.376 e. The van der Waals surface area contributed by atoms with Gasteiger partial charge in [-0.05, 0) is 25.5 Å². The molecule has 1 aliphatic rings. The largest absolute Gasteiger partial charge is 0.376 e. The predicted molar refractivity (Wildman–Crippen MR) is 70.7 cm³/mol. The maximum Gasteiger partial charge on any atom is 0.148 e. The first-order valence-corrected chi connectivity index (χ1v) is 7.21. The summed E-state index contributed by atoms with van der Waals surface area (Å²) in [4.78, 5) is 10.9. The molecular formula is C12H19N3OS. The van der Waals surface area contributed by atoms with E-state index in [-0.39, 0.29) is 0 Å². The van der Waals surface area contributed by atoms with Crippen LogP contribution in [0.4, 0.5) is 5.82 Å². The van der Waals surface area contributed by atoms with Crippen LogP contribution in [-0.2, 0) is 4.74 Å². The van der Waals surface area contributed by atoms with E-state index in [0.29, 0.717) is 6.10 Å². The first kappa shape index (κ1) is 12.6. The van der Waals surface area contributed by atoms with Crippen LogP contribution in [0.15, 0.2) is 17.4 Å². The summed E-state index contributed by atoms with van der Waals surface area (Å²) in [6.07, 6.45) is 9.57. The van der Waals surface area contributed by atoms with Crippen molar-refractivity contribution in [2.24, 2.45) is 0 Å². The molecule has 1 atom stereocenters. The lowest BCUT2D eigenvalue weighted by molar-refractivity contribution is 0.0215. The zero-order chi connectivity index (χ0) is 12.1. The normalized spacial score (nSPS) is 20.2. The molecule has 0 amide bonds. The van der Waals surface area contributed by atoms with Crippen LogP contribution in [-0.4, -0.2) is 42.5 Å². The molecule has 2 heterocycles. The number of likely N-dealkylation sites (N-methyl/N-ethyl adjacent to an activating group) is 1. The molecule has 0 aromatic carbocycles. The van der Waals surface area contributed by atoms with E-state index in [4.69, 9.17) is 4.74 Å². The van der Waals surface area contributed by atoms with Crippen LogP contribution in [0.5, 0.6) is 0 Å². The number of ether oxygens (including phenoxy) is 1. The highest BCUT2D eigenvalue weighted by Gasteiger charge is 2.16. The molecule has 0 radical (unpaired) electrons. The fourth-order valence-corrected chi connectivity index (χ4v) is 2.32. The van der Waals surface area contributed by atoms with Gasteiger partial charge in [0.15, 0.2) is 0 Å². The van der Waals surface area contributed by atoms with E-state index in [1.807, 2.05) is 19.5 Å². The fraction of sp³-hybridized carbons (Fsp3) is 0.667. The van der Waals surface area contributed by atoms with E-state index < -0.39 is 0 Å². The van der Waals surface area contributed by atoms with Crippen molar-refractivity contribution in [2.75, 3.05) is 31.4 Å². The number of hydrogen-bond donors (Lipinski definition) is 0. The second kappa shape index (κ2) is 6.21. The first-order chi connectivity index (χ1) is 8.29. The molecule has 1 fully saturated rings. The van der Waals surface area contributed by atoms with Gasteiger partial charge < -0.3 is 9.64 Å². The van der Waals surface area contributed by atoms with Crippen LogP contribution >= 0.6 is 11.8 Å². The summed E-state index contributed by atoms with van der Waals surface area (Å²) in [5.74, 6) is 0.922. The molecule has 17 heavy (non-hydrogen) atoms. The average Bonchev–Trinajstić information content (AvgIpc) is 2.40. The smallest absolute Gasteiger partial charge is 0.148 e. The van der Waals surface area contributed by atoms with Gasteiger partial charge in [0.2, 0.25) is 0 Å². The Hall–Kier alpha value is -0.810. The van der Waals surface area contributed by atoms with Gasteiger partial charge in [0, 0.05) is 20.2 Å². The summed E-state index contributed by atoms with van der Waals surface area (Å²) in [5.41, 5.74) is 0. The maximum absolute atomic E-state index is 5.73. The molecular weight excluding hydrogens is 234 g/mol. The van der Waals surface area contributed by atoms with E-state index in [9.17, 15) is 0 Å². The highest BCUT2D eigenvalue weighted by Crippen LogP contribution is 2.18. The summed E-state index contributed by atoms with van der Waals surface area (Å²) >= 11 is 1.61. The zero-order valence-corrected chi connectivity index (χ0v) is 11.2. The quantitative estimate of drug-likeness (QED) is 0.769. The zero-order valence-electron chi connectivity index (χ0n) is 10.4. The summed E-state index contributed by atoms with van der Waals surface area (Å²) in [6.45, 7) is 1.79. The van der Waals surface area contributed by atoms with Crippen molar-refractivity contribution in [1.29, 1.82) is 0 Å². The lowest BCUT2D eigenvalue weighted by Gasteiger charge is -2.27. The third-order valence-electron chi connectivity index (χ3n) is 2.95. The van der Waals surface area contributed by atoms with Crippen LogP contribution < -0.4 is 4.90 Å². The molecule has 0 spiro atoms. The fourth-order valence-electron chi connectivity index (χ4n) is 1.97. The van der Waals surface area contributed by atoms with Gasteiger partial charge in [-0.1, -0.05) is 0 Å². The van der Waals surface area contributed by atoms with E-state index in [0.717, 1.165) is 30.4 Å². The van der Waals surface area contributed by atoms with Crippen LogP contribution in [0.3, 0.4) is 0 Å². The molecule has 0 aliphatic carbocycles. The Morgan fingerprint density at radius 3 is 3.06 bits per heavy atom. The molecule has 0 N–H and O–H groups in total. The standard InChI is InChI=1S/C12H19N3OS/c1-15(9-10-5-3-4-6-16-10)11-7-13-8-12(14-11)17-2/h7-8,10H,3-6,9H2,1-2H3/t10-/m1/s1. The molecule has 0 bridgehead atoms. The van der Waals surface area contributed by atoms with Crippen molar-refractivity contribution >= 4 is 17.6 Å². The highest BCUT2D eigenvalue weighted by atomic mass is 32.2. The predicted octanol–water partition coefficient (Wildman–Crippen LogP) is 2.20.